The Bertz CT molecular complexity index is 408. The quantitative estimate of drug-likeness (QED) is 0.797. The van der Waals surface area contributed by atoms with Crippen LogP contribution in [0.5, 0.6) is 0 Å². The van der Waals surface area contributed by atoms with Gasteiger partial charge in [-0.3, -0.25) is 10.1 Å². The second-order valence-corrected chi connectivity index (χ2v) is 4.92. The molecule has 1 heterocycles. The van der Waals surface area contributed by atoms with Gasteiger partial charge in [0, 0.05) is 20.3 Å². The van der Waals surface area contributed by atoms with Crippen molar-refractivity contribution in [1.82, 2.24) is 10.2 Å². The van der Waals surface area contributed by atoms with E-state index in [1.165, 1.54) is 0 Å². The lowest BCUT2D eigenvalue weighted by Gasteiger charge is -2.20. The minimum atomic E-state index is -0.196. The number of nitrogens with one attached hydrogen (secondary N) is 1. The maximum absolute atomic E-state index is 12.4. The van der Waals surface area contributed by atoms with E-state index in [1.807, 2.05) is 42.2 Å². The molecule has 2 atom stereocenters. The van der Waals surface area contributed by atoms with E-state index < -0.39 is 0 Å². The van der Waals surface area contributed by atoms with Crippen LogP contribution in [0.3, 0.4) is 0 Å². The van der Waals surface area contributed by atoms with Crippen molar-refractivity contribution in [3.05, 3.63) is 35.9 Å². The molecule has 0 radical (unpaired) electrons. The number of hydrogen-bond acceptors (Lipinski definition) is 3. The van der Waals surface area contributed by atoms with Crippen molar-refractivity contribution in [1.29, 1.82) is 0 Å². The first-order chi connectivity index (χ1) is 9.24. The molecule has 1 aliphatic heterocycles. The summed E-state index contributed by atoms with van der Waals surface area (Å²) in [5.74, 6) is 0.177. The summed E-state index contributed by atoms with van der Waals surface area (Å²) >= 11 is 0. The van der Waals surface area contributed by atoms with Gasteiger partial charge in [0.15, 0.2) is 0 Å². The Morgan fingerprint density at radius 3 is 2.68 bits per heavy atom. The Hall–Kier alpha value is -1.39. The van der Waals surface area contributed by atoms with E-state index in [2.05, 4.69) is 5.32 Å². The molecule has 2 rings (SSSR count). The summed E-state index contributed by atoms with van der Waals surface area (Å²) in [4.78, 5) is 14.3. The highest BCUT2D eigenvalue weighted by atomic mass is 16.5. The third-order valence-electron chi connectivity index (χ3n) is 3.54. The van der Waals surface area contributed by atoms with Crippen molar-refractivity contribution in [2.45, 2.75) is 32.0 Å². The predicted octanol–water partition coefficient (Wildman–Crippen LogP) is 1.93. The fourth-order valence-electron chi connectivity index (χ4n) is 2.48. The zero-order chi connectivity index (χ0) is 13.7. The van der Waals surface area contributed by atoms with E-state index in [4.69, 9.17) is 4.74 Å². The van der Waals surface area contributed by atoms with Crippen LogP contribution in [0.4, 0.5) is 0 Å². The summed E-state index contributed by atoms with van der Waals surface area (Å²) in [6.07, 6.45) is 2.07. The minimum Gasteiger partial charge on any atom is -0.385 e. The SMILES string of the molecule is COCCCCN1C(=O)C(c2ccccc2)NC1C. The molecule has 1 fully saturated rings. The molecule has 19 heavy (non-hydrogen) atoms. The van der Waals surface area contributed by atoms with E-state index in [9.17, 15) is 4.79 Å². The summed E-state index contributed by atoms with van der Waals surface area (Å²) < 4.78 is 5.03. The lowest BCUT2D eigenvalue weighted by molar-refractivity contribution is -0.130. The van der Waals surface area contributed by atoms with Crippen LogP contribution in [0.2, 0.25) is 0 Å². The number of amides is 1. The van der Waals surface area contributed by atoms with Crippen LogP contribution in [0.15, 0.2) is 30.3 Å². The van der Waals surface area contributed by atoms with Gasteiger partial charge < -0.3 is 9.64 Å². The highest BCUT2D eigenvalue weighted by Gasteiger charge is 2.36. The zero-order valence-electron chi connectivity index (χ0n) is 11.6. The molecular formula is C15H22N2O2. The Morgan fingerprint density at radius 1 is 1.26 bits per heavy atom. The van der Waals surface area contributed by atoms with E-state index in [0.717, 1.165) is 31.6 Å². The van der Waals surface area contributed by atoms with Crippen molar-refractivity contribution in [3.63, 3.8) is 0 Å². The second kappa shape index (κ2) is 6.68. The zero-order valence-corrected chi connectivity index (χ0v) is 11.6. The largest absolute Gasteiger partial charge is 0.385 e. The van der Waals surface area contributed by atoms with Crippen molar-refractivity contribution >= 4 is 5.91 Å². The molecule has 1 aromatic rings. The van der Waals surface area contributed by atoms with Crippen molar-refractivity contribution < 1.29 is 9.53 Å². The smallest absolute Gasteiger partial charge is 0.245 e. The van der Waals surface area contributed by atoms with Gasteiger partial charge in [-0.15, -0.1) is 0 Å². The number of methoxy groups -OCH3 is 1. The second-order valence-electron chi connectivity index (χ2n) is 4.92. The number of carbonyl (C=O) groups excluding carboxylic acids is 1. The third-order valence-corrected chi connectivity index (χ3v) is 3.54. The van der Waals surface area contributed by atoms with Crippen molar-refractivity contribution in [2.75, 3.05) is 20.3 Å². The maximum Gasteiger partial charge on any atom is 0.245 e. The van der Waals surface area contributed by atoms with E-state index in [0.29, 0.717) is 0 Å². The summed E-state index contributed by atoms with van der Waals surface area (Å²) in [5, 5.41) is 3.36. The first kappa shape index (κ1) is 14.0. The normalized spacial score (nSPS) is 23.1. The van der Waals surface area contributed by atoms with Crippen LogP contribution in [-0.2, 0) is 9.53 Å². The first-order valence-electron chi connectivity index (χ1n) is 6.84. The van der Waals surface area contributed by atoms with Gasteiger partial charge in [-0.1, -0.05) is 30.3 Å². The summed E-state index contributed by atoms with van der Waals surface area (Å²) in [7, 11) is 1.70. The molecule has 0 aliphatic carbocycles. The molecule has 4 nitrogen and oxygen atoms in total. The fraction of sp³-hybridized carbons (Fsp3) is 0.533. The van der Waals surface area contributed by atoms with Gasteiger partial charge in [0.25, 0.3) is 0 Å². The van der Waals surface area contributed by atoms with Gasteiger partial charge in [-0.2, -0.15) is 0 Å². The molecule has 0 bridgehead atoms. The molecule has 0 spiro atoms. The third kappa shape index (κ3) is 3.33. The van der Waals surface area contributed by atoms with E-state index in [1.54, 1.807) is 7.11 Å². The maximum atomic E-state index is 12.4. The Morgan fingerprint density at radius 2 is 2.00 bits per heavy atom. The minimum absolute atomic E-state index is 0.0975. The number of rotatable bonds is 6. The molecule has 1 amide bonds. The molecule has 104 valence electrons. The number of carbonyl (C=O) groups is 1. The Labute approximate surface area is 114 Å². The van der Waals surface area contributed by atoms with Gasteiger partial charge in [-0.05, 0) is 25.3 Å². The Balaban J connectivity index is 1.95. The van der Waals surface area contributed by atoms with Crippen LogP contribution in [0.25, 0.3) is 0 Å². The first-order valence-corrected chi connectivity index (χ1v) is 6.84. The van der Waals surface area contributed by atoms with Crippen molar-refractivity contribution in [2.24, 2.45) is 0 Å². The molecule has 1 saturated heterocycles. The highest BCUT2D eigenvalue weighted by molar-refractivity contribution is 5.85. The topological polar surface area (TPSA) is 41.6 Å². The number of ether oxygens (including phenoxy) is 1. The lowest BCUT2D eigenvalue weighted by atomic mass is 10.1. The van der Waals surface area contributed by atoms with Crippen LogP contribution in [-0.4, -0.2) is 37.2 Å². The fourth-order valence-corrected chi connectivity index (χ4v) is 2.48. The molecule has 0 saturated carbocycles. The Kier molecular flexibility index (Phi) is 4.93. The summed E-state index contributed by atoms with van der Waals surface area (Å²) in [5.41, 5.74) is 1.04. The average Bonchev–Trinajstić information content (AvgIpc) is 2.72. The molecule has 4 heteroatoms. The van der Waals surface area contributed by atoms with Gasteiger partial charge in [0.2, 0.25) is 5.91 Å². The van der Waals surface area contributed by atoms with E-state index >= 15 is 0 Å². The number of unbranched alkanes of at least 4 members (excludes halogenated alkanes) is 1. The molecule has 1 aliphatic rings. The molecule has 1 aromatic carbocycles. The summed E-state index contributed by atoms with van der Waals surface area (Å²) in [6, 6.07) is 9.70. The number of benzene rings is 1. The van der Waals surface area contributed by atoms with Gasteiger partial charge in [-0.25, -0.2) is 0 Å². The summed E-state index contributed by atoms with van der Waals surface area (Å²) in [6.45, 7) is 3.59. The monoisotopic (exact) mass is 262 g/mol. The van der Waals surface area contributed by atoms with Crippen LogP contribution >= 0.6 is 0 Å². The van der Waals surface area contributed by atoms with Gasteiger partial charge in [0.05, 0.1) is 6.17 Å². The molecule has 0 aromatic heterocycles. The molecular weight excluding hydrogens is 240 g/mol. The van der Waals surface area contributed by atoms with Gasteiger partial charge in [0.1, 0.15) is 6.04 Å². The number of hydrogen-bond donors (Lipinski definition) is 1. The van der Waals surface area contributed by atoms with E-state index in [-0.39, 0.29) is 18.1 Å². The van der Waals surface area contributed by atoms with Crippen LogP contribution in [0.1, 0.15) is 31.4 Å². The average molecular weight is 262 g/mol. The van der Waals surface area contributed by atoms with Gasteiger partial charge >= 0.3 is 0 Å². The highest BCUT2D eigenvalue weighted by Crippen LogP contribution is 2.24. The van der Waals surface area contributed by atoms with Crippen LogP contribution < -0.4 is 5.32 Å². The van der Waals surface area contributed by atoms with Crippen molar-refractivity contribution in [3.8, 4) is 0 Å². The standard InChI is InChI=1S/C15H22N2O2/c1-12-16-14(13-8-4-3-5-9-13)15(18)17(12)10-6-7-11-19-2/h3-5,8-9,12,14,16H,6-7,10-11H2,1-2H3. The van der Waals surface area contributed by atoms with Crippen LogP contribution in [0, 0.1) is 0 Å². The molecule has 2 unspecified atom stereocenters. The predicted molar refractivity (Wildman–Crippen MR) is 74.6 cm³/mol. The lowest BCUT2D eigenvalue weighted by Crippen LogP contribution is -2.35. The number of nitrogens with zero attached hydrogens (tertiary/aromatic N) is 1. The molecule has 1 N–H and O–H groups in total.